The Hall–Kier alpha value is -1.95. The number of rotatable bonds is 6. The number of nitro benzene ring substituents is 1. The molecular weight excluding hydrogens is 270 g/mol. The molecule has 1 aromatic carbocycles. The van der Waals surface area contributed by atoms with E-state index in [0.29, 0.717) is 23.5 Å². The van der Waals surface area contributed by atoms with Gasteiger partial charge in [-0.25, -0.2) is 0 Å². The Kier molecular flexibility index (Phi) is 5.27. The molecule has 0 aliphatic carbocycles. The minimum Gasteiger partial charge on any atom is -0.379 e. The van der Waals surface area contributed by atoms with Gasteiger partial charge in [0.2, 0.25) is 0 Å². The maximum atomic E-state index is 11.1. The summed E-state index contributed by atoms with van der Waals surface area (Å²) in [5, 5.41) is 14.2. The van der Waals surface area contributed by atoms with Crippen molar-refractivity contribution in [1.82, 2.24) is 4.90 Å². The molecule has 0 spiro atoms. The van der Waals surface area contributed by atoms with Gasteiger partial charge in [0.25, 0.3) is 5.69 Å². The average molecular weight is 291 g/mol. The lowest BCUT2D eigenvalue weighted by atomic mass is 9.96. The quantitative estimate of drug-likeness (QED) is 0.495. The molecule has 1 heterocycles. The minimum absolute atomic E-state index is 0.0365. The van der Waals surface area contributed by atoms with Crippen molar-refractivity contribution in [2.45, 2.75) is 19.8 Å². The number of likely N-dealkylation sites (tertiary alicyclic amines) is 1. The molecule has 21 heavy (non-hydrogen) atoms. The number of anilines is 1. The van der Waals surface area contributed by atoms with E-state index in [1.165, 1.54) is 6.07 Å². The van der Waals surface area contributed by atoms with E-state index in [1.54, 1.807) is 12.1 Å². The van der Waals surface area contributed by atoms with Crippen LogP contribution in [0.25, 0.3) is 0 Å². The van der Waals surface area contributed by atoms with Crippen molar-refractivity contribution >= 4 is 17.7 Å². The smallest absolute Gasteiger partial charge is 0.293 e. The van der Waals surface area contributed by atoms with Crippen molar-refractivity contribution in [3.05, 3.63) is 33.9 Å². The van der Waals surface area contributed by atoms with Crippen LogP contribution < -0.4 is 5.32 Å². The summed E-state index contributed by atoms with van der Waals surface area (Å²) < 4.78 is 0. The van der Waals surface area contributed by atoms with Crippen LogP contribution in [0.4, 0.5) is 11.4 Å². The number of nitrogens with one attached hydrogen (secondary N) is 1. The number of carbonyl (C=O) groups is 1. The number of aldehydes is 1. The summed E-state index contributed by atoms with van der Waals surface area (Å²) in [6, 6.07) is 4.53. The summed E-state index contributed by atoms with van der Waals surface area (Å²) in [6.07, 6.45) is 2.85. The van der Waals surface area contributed by atoms with Crippen molar-refractivity contribution in [3.8, 4) is 0 Å². The SMILES string of the molecule is CCN1CCC(CNc2ccc(C=O)cc2[N+](=O)[O-])CC1. The highest BCUT2D eigenvalue weighted by atomic mass is 16.6. The van der Waals surface area contributed by atoms with Crippen molar-refractivity contribution < 1.29 is 9.72 Å². The number of benzene rings is 1. The van der Waals surface area contributed by atoms with E-state index < -0.39 is 4.92 Å². The number of carbonyl (C=O) groups excluding carboxylic acids is 1. The maximum Gasteiger partial charge on any atom is 0.293 e. The molecule has 0 amide bonds. The molecule has 1 N–H and O–H groups in total. The van der Waals surface area contributed by atoms with Crippen molar-refractivity contribution in [3.63, 3.8) is 0 Å². The Bertz CT molecular complexity index is 511. The zero-order valence-electron chi connectivity index (χ0n) is 12.2. The molecular formula is C15H21N3O3. The Labute approximate surface area is 124 Å². The molecule has 0 radical (unpaired) electrons. The first-order valence-corrected chi connectivity index (χ1v) is 7.34. The van der Waals surface area contributed by atoms with Gasteiger partial charge in [-0.2, -0.15) is 0 Å². The van der Waals surface area contributed by atoms with Gasteiger partial charge in [-0.15, -0.1) is 0 Å². The molecule has 2 rings (SSSR count). The predicted octanol–water partition coefficient (Wildman–Crippen LogP) is 2.55. The lowest BCUT2D eigenvalue weighted by molar-refractivity contribution is -0.384. The molecule has 6 nitrogen and oxygen atoms in total. The van der Waals surface area contributed by atoms with E-state index in [9.17, 15) is 14.9 Å². The highest BCUT2D eigenvalue weighted by Crippen LogP contribution is 2.26. The van der Waals surface area contributed by atoms with E-state index in [2.05, 4.69) is 17.1 Å². The van der Waals surface area contributed by atoms with E-state index in [-0.39, 0.29) is 5.69 Å². The van der Waals surface area contributed by atoms with Crippen LogP contribution in [-0.2, 0) is 0 Å². The van der Waals surface area contributed by atoms with Crippen molar-refractivity contribution in [2.24, 2.45) is 5.92 Å². The third-order valence-corrected chi connectivity index (χ3v) is 4.09. The van der Waals surface area contributed by atoms with Gasteiger partial charge in [-0.1, -0.05) is 6.92 Å². The molecule has 0 unspecified atom stereocenters. The van der Waals surface area contributed by atoms with Gasteiger partial charge in [0.15, 0.2) is 0 Å². The van der Waals surface area contributed by atoms with Gasteiger partial charge in [0, 0.05) is 18.2 Å². The number of piperidine rings is 1. The monoisotopic (exact) mass is 291 g/mol. The molecule has 0 atom stereocenters. The fourth-order valence-electron chi connectivity index (χ4n) is 2.68. The number of hydrogen-bond donors (Lipinski definition) is 1. The molecule has 6 heteroatoms. The Balaban J connectivity index is 1.97. The lowest BCUT2D eigenvalue weighted by Crippen LogP contribution is -2.35. The maximum absolute atomic E-state index is 11.1. The first-order valence-electron chi connectivity index (χ1n) is 7.34. The third-order valence-electron chi connectivity index (χ3n) is 4.09. The van der Waals surface area contributed by atoms with Crippen LogP contribution >= 0.6 is 0 Å². The van der Waals surface area contributed by atoms with E-state index in [1.807, 2.05) is 0 Å². The van der Waals surface area contributed by atoms with E-state index in [4.69, 9.17) is 0 Å². The zero-order valence-corrected chi connectivity index (χ0v) is 12.2. The van der Waals surface area contributed by atoms with Gasteiger partial charge < -0.3 is 10.2 Å². The fraction of sp³-hybridized carbons (Fsp3) is 0.533. The van der Waals surface area contributed by atoms with Gasteiger partial charge in [0.1, 0.15) is 12.0 Å². The molecule has 0 bridgehead atoms. The molecule has 1 fully saturated rings. The second-order valence-electron chi connectivity index (χ2n) is 5.41. The Morgan fingerprint density at radius 2 is 2.14 bits per heavy atom. The van der Waals surface area contributed by atoms with Crippen LogP contribution in [0.15, 0.2) is 18.2 Å². The largest absolute Gasteiger partial charge is 0.379 e. The standard InChI is InChI=1S/C15H21N3O3/c1-2-17-7-5-12(6-8-17)10-16-14-4-3-13(11-19)9-15(14)18(20)21/h3-4,9,11-12,16H,2,5-8,10H2,1H3. The summed E-state index contributed by atoms with van der Waals surface area (Å²) in [6.45, 7) is 6.16. The van der Waals surface area contributed by atoms with Crippen molar-refractivity contribution in [2.75, 3.05) is 31.5 Å². The lowest BCUT2D eigenvalue weighted by Gasteiger charge is -2.31. The fourth-order valence-corrected chi connectivity index (χ4v) is 2.68. The van der Waals surface area contributed by atoms with Gasteiger partial charge in [0.05, 0.1) is 4.92 Å². The topological polar surface area (TPSA) is 75.5 Å². The van der Waals surface area contributed by atoms with Crippen molar-refractivity contribution in [1.29, 1.82) is 0 Å². The summed E-state index contributed by atoms with van der Waals surface area (Å²) in [7, 11) is 0. The Morgan fingerprint density at radius 3 is 2.71 bits per heavy atom. The zero-order chi connectivity index (χ0) is 15.2. The molecule has 1 saturated heterocycles. The number of hydrogen-bond acceptors (Lipinski definition) is 5. The molecule has 0 aromatic heterocycles. The third kappa shape index (κ3) is 4.01. The van der Waals surface area contributed by atoms with Crippen LogP contribution in [-0.4, -0.2) is 42.3 Å². The van der Waals surface area contributed by atoms with Gasteiger partial charge in [-0.05, 0) is 50.5 Å². The highest BCUT2D eigenvalue weighted by Gasteiger charge is 2.20. The molecule has 1 aliphatic heterocycles. The summed E-state index contributed by atoms with van der Waals surface area (Å²) in [4.78, 5) is 23.7. The van der Waals surface area contributed by atoms with Crippen LogP contribution in [0.2, 0.25) is 0 Å². The molecule has 1 aliphatic rings. The number of nitro groups is 1. The normalized spacial score (nSPS) is 16.6. The van der Waals surface area contributed by atoms with Crippen LogP contribution in [0.1, 0.15) is 30.1 Å². The molecule has 0 saturated carbocycles. The second-order valence-corrected chi connectivity index (χ2v) is 5.41. The minimum atomic E-state index is -0.449. The van der Waals surface area contributed by atoms with Crippen LogP contribution in [0.3, 0.4) is 0 Å². The highest BCUT2D eigenvalue weighted by molar-refractivity contribution is 5.79. The molecule has 114 valence electrons. The van der Waals surface area contributed by atoms with E-state index in [0.717, 1.165) is 39.0 Å². The summed E-state index contributed by atoms with van der Waals surface area (Å²) in [5.41, 5.74) is 0.776. The first-order chi connectivity index (χ1) is 10.1. The number of nitrogens with zero attached hydrogens (tertiary/aromatic N) is 2. The van der Waals surface area contributed by atoms with E-state index >= 15 is 0 Å². The average Bonchev–Trinajstić information content (AvgIpc) is 2.53. The van der Waals surface area contributed by atoms with Crippen LogP contribution in [0.5, 0.6) is 0 Å². The second kappa shape index (κ2) is 7.17. The van der Waals surface area contributed by atoms with Crippen LogP contribution in [0, 0.1) is 16.0 Å². The summed E-state index contributed by atoms with van der Waals surface area (Å²) >= 11 is 0. The van der Waals surface area contributed by atoms with Gasteiger partial charge >= 0.3 is 0 Å². The molecule has 1 aromatic rings. The first kappa shape index (κ1) is 15.4. The predicted molar refractivity (Wildman–Crippen MR) is 81.8 cm³/mol. The Morgan fingerprint density at radius 1 is 1.43 bits per heavy atom. The summed E-state index contributed by atoms with van der Waals surface area (Å²) in [5.74, 6) is 0.540. The van der Waals surface area contributed by atoms with Gasteiger partial charge in [-0.3, -0.25) is 14.9 Å².